The van der Waals surface area contributed by atoms with E-state index in [-0.39, 0.29) is 12.1 Å². The molecule has 3 fully saturated rings. The molecule has 3 heterocycles. The van der Waals surface area contributed by atoms with Crippen LogP contribution in [-0.2, 0) is 0 Å². The van der Waals surface area contributed by atoms with E-state index in [1.165, 1.54) is 0 Å². The van der Waals surface area contributed by atoms with E-state index in [4.69, 9.17) is 0 Å². The van der Waals surface area contributed by atoms with Gasteiger partial charge in [-0.3, -0.25) is 0 Å². The number of amides is 2. The molecule has 0 radical (unpaired) electrons. The first-order valence-electron chi connectivity index (χ1n) is 6.39. The van der Waals surface area contributed by atoms with Crippen LogP contribution >= 0.6 is 0 Å². The van der Waals surface area contributed by atoms with Gasteiger partial charge in [0.05, 0.1) is 12.1 Å². The first-order chi connectivity index (χ1) is 8.24. The highest BCUT2D eigenvalue weighted by atomic mass is 16.3. The van der Waals surface area contributed by atoms with Gasteiger partial charge in [-0.2, -0.15) is 0 Å². The minimum atomic E-state index is -0.456. The molecular formula is C11H20N4O2. The zero-order chi connectivity index (χ0) is 11.8. The number of likely N-dealkylation sites (tertiary alicyclic amines) is 1. The van der Waals surface area contributed by atoms with Gasteiger partial charge < -0.3 is 26.0 Å². The van der Waals surface area contributed by atoms with E-state index < -0.39 is 6.10 Å². The van der Waals surface area contributed by atoms with Crippen molar-refractivity contribution >= 4 is 6.03 Å². The van der Waals surface area contributed by atoms with Crippen LogP contribution in [0.3, 0.4) is 0 Å². The molecule has 0 aliphatic carbocycles. The summed E-state index contributed by atoms with van der Waals surface area (Å²) < 4.78 is 0. The summed E-state index contributed by atoms with van der Waals surface area (Å²) in [5.41, 5.74) is 0. The average Bonchev–Trinajstić information content (AvgIpc) is 2.93. The predicted molar refractivity (Wildman–Crippen MR) is 62.6 cm³/mol. The first kappa shape index (κ1) is 11.3. The summed E-state index contributed by atoms with van der Waals surface area (Å²) in [5.74, 6) is 1.24. The number of hydrogen-bond acceptors (Lipinski definition) is 4. The standard InChI is InChI=1S/C11H20N4O2/c16-10-4-13-3-9(10)14-11(17)15-5-7-1-12-2-8(7)6-15/h7-10,12-13,16H,1-6H2,(H,14,17). The molecule has 0 aromatic rings. The third-order valence-electron chi connectivity index (χ3n) is 4.17. The fraction of sp³-hybridized carbons (Fsp3) is 0.909. The number of urea groups is 1. The molecule has 0 aromatic carbocycles. The molecule has 0 spiro atoms. The number of rotatable bonds is 1. The lowest BCUT2D eigenvalue weighted by molar-refractivity contribution is 0.153. The molecule has 0 aromatic heterocycles. The van der Waals surface area contributed by atoms with Crippen LogP contribution in [0, 0.1) is 11.8 Å². The molecule has 96 valence electrons. The second kappa shape index (κ2) is 4.44. The Kier molecular flexibility index (Phi) is 2.94. The molecule has 6 nitrogen and oxygen atoms in total. The summed E-state index contributed by atoms with van der Waals surface area (Å²) in [6.07, 6.45) is -0.456. The zero-order valence-corrected chi connectivity index (χ0v) is 9.85. The largest absolute Gasteiger partial charge is 0.390 e. The summed E-state index contributed by atoms with van der Waals surface area (Å²) >= 11 is 0. The molecule has 3 aliphatic heterocycles. The second-order valence-electron chi connectivity index (χ2n) is 5.36. The summed E-state index contributed by atoms with van der Waals surface area (Å²) in [6, 6.07) is -0.159. The predicted octanol–water partition coefficient (Wildman–Crippen LogP) is -1.82. The lowest BCUT2D eigenvalue weighted by Gasteiger charge is -2.22. The average molecular weight is 240 g/mol. The van der Waals surface area contributed by atoms with E-state index in [0.717, 1.165) is 26.2 Å². The third kappa shape index (κ3) is 2.12. The number of carbonyl (C=O) groups is 1. The summed E-state index contributed by atoms with van der Waals surface area (Å²) in [5, 5.41) is 19.0. The number of nitrogens with one attached hydrogen (secondary N) is 3. The molecule has 4 atom stereocenters. The highest BCUT2D eigenvalue weighted by Crippen LogP contribution is 2.26. The van der Waals surface area contributed by atoms with Crippen LogP contribution in [0.1, 0.15) is 0 Å². The van der Waals surface area contributed by atoms with E-state index >= 15 is 0 Å². The van der Waals surface area contributed by atoms with Gasteiger partial charge in [0.2, 0.25) is 0 Å². The van der Waals surface area contributed by atoms with Crippen LogP contribution in [0.2, 0.25) is 0 Å². The summed E-state index contributed by atoms with van der Waals surface area (Å²) in [6.45, 7) is 4.98. The normalized spacial score (nSPS) is 40.6. The number of carbonyl (C=O) groups excluding carboxylic acids is 1. The SMILES string of the molecule is O=C(NC1CNCC1O)N1CC2CNCC2C1. The van der Waals surface area contributed by atoms with Crippen LogP contribution < -0.4 is 16.0 Å². The maximum absolute atomic E-state index is 12.0. The smallest absolute Gasteiger partial charge is 0.317 e. The number of aliphatic hydroxyl groups is 1. The monoisotopic (exact) mass is 240 g/mol. The number of fused-ring (bicyclic) bond motifs is 1. The summed E-state index contributed by atoms with van der Waals surface area (Å²) in [4.78, 5) is 13.9. The number of aliphatic hydroxyl groups excluding tert-OH is 1. The van der Waals surface area contributed by atoms with Gasteiger partial charge in [-0.15, -0.1) is 0 Å². The number of β-amino-alcohol motifs (C(OH)–C–C–N with tert-alkyl or cyclic N) is 1. The molecule has 4 N–H and O–H groups in total. The fourth-order valence-corrected chi connectivity index (χ4v) is 3.08. The van der Waals surface area contributed by atoms with E-state index in [2.05, 4.69) is 16.0 Å². The quantitative estimate of drug-likeness (QED) is 0.435. The van der Waals surface area contributed by atoms with Gasteiger partial charge in [-0.05, 0) is 11.8 Å². The Morgan fingerprint density at radius 1 is 1.12 bits per heavy atom. The highest BCUT2D eigenvalue weighted by molar-refractivity contribution is 5.75. The van der Waals surface area contributed by atoms with E-state index in [0.29, 0.717) is 24.9 Å². The molecule has 2 amide bonds. The van der Waals surface area contributed by atoms with Crippen LogP contribution in [0.15, 0.2) is 0 Å². The molecule has 6 heteroatoms. The van der Waals surface area contributed by atoms with Gasteiger partial charge in [-0.1, -0.05) is 0 Å². The lowest BCUT2D eigenvalue weighted by Crippen LogP contribution is -2.49. The van der Waals surface area contributed by atoms with E-state index in [9.17, 15) is 9.90 Å². The van der Waals surface area contributed by atoms with Crippen molar-refractivity contribution in [3.63, 3.8) is 0 Å². The molecule has 3 saturated heterocycles. The molecule has 3 aliphatic rings. The van der Waals surface area contributed by atoms with Gasteiger partial charge in [0, 0.05) is 39.3 Å². The molecule has 17 heavy (non-hydrogen) atoms. The first-order valence-corrected chi connectivity index (χ1v) is 6.39. The third-order valence-corrected chi connectivity index (χ3v) is 4.17. The number of nitrogens with zero attached hydrogens (tertiary/aromatic N) is 1. The Morgan fingerprint density at radius 3 is 2.35 bits per heavy atom. The Labute approximate surface area is 101 Å². The van der Waals surface area contributed by atoms with Gasteiger partial charge in [0.1, 0.15) is 0 Å². The van der Waals surface area contributed by atoms with Gasteiger partial charge in [0.25, 0.3) is 0 Å². The Hall–Kier alpha value is -0.850. The van der Waals surface area contributed by atoms with Crippen molar-refractivity contribution in [2.45, 2.75) is 12.1 Å². The second-order valence-corrected chi connectivity index (χ2v) is 5.36. The van der Waals surface area contributed by atoms with Gasteiger partial charge in [-0.25, -0.2) is 4.79 Å². The van der Waals surface area contributed by atoms with Gasteiger partial charge in [0.15, 0.2) is 0 Å². The minimum absolute atomic E-state index is 0.0212. The van der Waals surface area contributed by atoms with Crippen LogP contribution in [0.25, 0.3) is 0 Å². The Bertz CT molecular complexity index is 300. The van der Waals surface area contributed by atoms with Crippen molar-refractivity contribution in [2.24, 2.45) is 11.8 Å². The van der Waals surface area contributed by atoms with Crippen molar-refractivity contribution < 1.29 is 9.90 Å². The van der Waals surface area contributed by atoms with Crippen molar-refractivity contribution in [2.75, 3.05) is 39.3 Å². The van der Waals surface area contributed by atoms with Crippen LogP contribution in [0.4, 0.5) is 4.79 Å². The van der Waals surface area contributed by atoms with Crippen molar-refractivity contribution in [1.29, 1.82) is 0 Å². The minimum Gasteiger partial charge on any atom is -0.390 e. The maximum Gasteiger partial charge on any atom is 0.317 e. The zero-order valence-electron chi connectivity index (χ0n) is 9.85. The number of hydrogen-bond donors (Lipinski definition) is 4. The van der Waals surface area contributed by atoms with Gasteiger partial charge >= 0.3 is 6.03 Å². The van der Waals surface area contributed by atoms with Crippen molar-refractivity contribution in [1.82, 2.24) is 20.9 Å². The molecule has 0 saturated carbocycles. The highest BCUT2D eigenvalue weighted by Gasteiger charge is 2.39. The Morgan fingerprint density at radius 2 is 1.76 bits per heavy atom. The van der Waals surface area contributed by atoms with E-state index in [1.807, 2.05) is 4.90 Å². The maximum atomic E-state index is 12.0. The Balaban J connectivity index is 1.53. The lowest BCUT2D eigenvalue weighted by atomic mass is 10.0. The summed E-state index contributed by atoms with van der Waals surface area (Å²) in [7, 11) is 0. The molecule has 4 unspecified atom stereocenters. The van der Waals surface area contributed by atoms with Crippen LogP contribution in [0.5, 0.6) is 0 Å². The van der Waals surface area contributed by atoms with Crippen molar-refractivity contribution in [3.8, 4) is 0 Å². The topological polar surface area (TPSA) is 76.6 Å². The molecule has 3 rings (SSSR count). The van der Waals surface area contributed by atoms with Crippen molar-refractivity contribution in [3.05, 3.63) is 0 Å². The molecular weight excluding hydrogens is 220 g/mol. The van der Waals surface area contributed by atoms with E-state index in [1.54, 1.807) is 0 Å². The molecule has 0 bridgehead atoms. The fourth-order valence-electron chi connectivity index (χ4n) is 3.08. The van der Waals surface area contributed by atoms with Crippen LogP contribution in [-0.4, -0.2) is 67.5 Å².